The van der Waals surface area contributed by atoms with Gasteiger partial charge in [0, 0.05) is 43.3 Å². The molecule has 0 saturated carbocycles. The molecule has 1 fully saturated rings. The summed E-state index contributed by atoms with van der Waals surface area (Å²) in [5.74, 6) is 2.59. The first kappa shape index (κ1) is 25.7. The maximum absolute atomic E-state index is 11.7. The van der Waals surface area contributed by atoms with Gasteiger partial charge in [-0.1, -0.05) is 30.3 Å². The van der Waals surface area contributed by atoms with E-state index in [1.165, 1.54) is 6.33 Å². The van der Waals surface area contributed by atoms with Crippen LogP contribution >= 0.6 is 0 Å². The lowest BCUT2D eigenvalue weighted by atomic mass is 10.2. The van der Waals surface area contributed by atoms with Crippen molar-refractivity contribution in [3.05, 3.63) is 78.6 Å². The van der Waals surface area contributed by atoms with Gasteiger partial charge >= 0.3 is 0 Å². The second-order valence-corrected chi connectivity index (χ2v) is 11.4. The van der Waals surface area contributed by atoms with Gasteiger partial charge in [0.15, 0.2) is 9.84 Å². The quantitative estimate of drug-likeness (QED) is 0.312. The molecule has 0 atom stereocenters. The van der Waals surface area contributed by atoms with Crippen LogP contribution < -0.4 is 20.1 Å². The molecule has 1 saturated heterocycles. The fraction of sp³-hybridized carbons (Fsp3) is 0.286. The number of benzene rings is 3. The summed E-state index contributed by atoms with van der Waals surface area (Å²) in [7, 11) is -1.26. The highest BCUT2D eigenvalue weighted by atomic mass is 32.2. The molecule has 2 heterocycles. The Labute approximate surface area is 222 Å². The molecule has 1 aliphatic heterocycles. The van der Waals surface area contributed by atoms with E-state index >= 15 is 0 Å². The van der Waals surface area contributed by atoms with E-state index in [0.29, 0.717) is 37.8 Å². The molecule has 0 amide bonds. The first-order valence-electron chi connectivity index (χ1n) is 12.5. The summed E-state index contributed by atoms with van der Waals surface area (Å²) in [5.41, 5.74) is 3.58. The van der Waals surface area contributed by atoms with Crippen molar-refractivity contribution in [3.8, 4) is 11.5 Å². The van der Waals surface area contributed by atoms with Crippen molar-refractivity contribution in [1.82, 2.24) is 14.9 Å². The van der Waals surface area contributed by atoms with Gasteiger partial charge in [-0.3, -0.25) is 4.90 Å². The van der Waals surface area contributed by atoms with Crippen molar-refractivity contribution in [2.45, 2.75) is 6.61 Å². The van der Waals surface area contributed by atoms with Gasteiger partial charge in [0.25, 0.3) is 0 Å². The number of rotatable bonds is 10. The highest BCUT2D eigenvalue weighted by Gasteiger charge is 2.21. The molecular formula is C28H31N5O4S. The number of sulfone groups is 1. The molecule has 1 aliphatic rings. The number of hydrogen-bond donors (Lipinski definition) is 2. The average molecular weight is 534 g/mol. The molecule has 3 aromatic carbocycles. The number of anilines is 3. The Hall–Kier alpha value is -3.89. The molecule has 38 heavy (non-hydrogen) atoms. The van der Waals surface area contributed by atoms with Gasteiger partial charge in [0.1, 0.15) is 30.3 Å². The monoisotopic (exact) mass is 533 g/mol. The molecule has 4 aromatic rings. The van der Waals surface area contributed by atoms with Crippen LogP contribution in [0.1, 0.15) is 5.56 Å². The van der Waals surface area contributed by atoms with Crippen molar-refractivity contribution in [3.63, 3.8) is 0 Å². The molecule has 10 heteroatoms. The number of nitrogens with zero attached hydrogens (tertiary/aromatic N) is 3. The van der Waals surface area contributed by atoms with Crippen molar-refractivity contribution < 1.29 is 17.9 Å². The molecular weight excluding hydrogens is 502 g/mol. The Balaban J connectivity index is 1.26. The van der Waals surface area contributed by atoms with Crippen LogP contribution in [0, 0.1) is 0 Å². The van der Waals surface area contributed by atoms with Crippen LogP contribution in [0.3, 0.4) is 0 Å². The highest BCUT2D eigenvalue weighted by molar-refractivity contribution is 7.91. The third-order valence-electron chi connectivity index (χ3n) is 6.50. The Morgan fingerprint density at radius 3 is 2.47 bits per heavy atom. The smallest absolute Gasteiger partial charge is 0.152 e. The van der Waals surface area contributed by atoms with E-state index in [1.54, 1.807) is 7.11 Å². The largest absolute Gasteiger partial charge is 0.495 e. The van der Waals surface area contributed by atoms with Crippen LogP contribution in [-0.2, 0) is 16.4 Å². The molecule has 1 aromatic heterocycles. The molecule has 198 valence electrons. The number of aromatic nitrogens is 2. The second kappa shape index (κ2) is 11.7. The summed E-state index contributed by atoms with van der Waals surface area (Å²) < 4.78 is 34.8. The highest BCUT2D eigenvalue weighted by Crippen LogP contribution is 2.33. The Morgan fingerprint density at radius 1 is 0.974 bits per heavy atom. The van der Waals surface area contributed by atoms with E-state index in [4.69, 9.17) is 9.47 Å². The Bertz CT molecular complexity index is 1470. The minimum Gasteiger partial charge on any atom is -0.495 e. The zero-order chi connectivity index (χ0) is 26.4. The van der Waals surface area contributed by atoms with Crippen molar-refractivity contribution in [2.75, 3.05) is 55.4 Å². The maximum Gasteiger partial charge on any atom is 0.152 e. The van der Waals surface area contributed by atoms with Gasteiger partial charge in [-0.2, -0.15) is 0 Å². The van der Waals surface area contributed by atoms with Gasteiger partial charge in [-0.25, -0.2) is 18.4 Å². The topological polar surface area (TPSA) is 106 Å². The lowest BCUT2D eigenvalue weighted by Gasteiger charge is -2.26. The van der Waals surface area contributed by atoms with Crippen LogP contribution in [0.2, 0.25) is 0 Å². The third kappa shape index (κ3) is 6.51. The number of hydrogen-bond acceptors (Lipinski definition) is 9. The Morgan fingerprint density at radius 2 is 1.74 bits per heavy atom. The standard InChI is InChI=1S/C28H31N5O4S/c1-36-27-18-25-24(17-26(27)29-11-12-33-13-15-38(34,35)16-14-33)28(31-20-30-25)32-22-7-9-23(10-8-22)37-19-21-5-3-2-4-6-21/h2-10,17-18,20,29H,11-16,19H2,1H3,(H,30,31,32). The van der Waals surface area contributed by atoms with E-state index in [1.807, 2.05) is 66.7 Å². The average Bonchev–Trinajstić information content (AvgIpc) is 2.94. The molecule has 0 unspecified atom stereocenters. The predicted octanol–water partition coefficient (Wildman–Crippen LogP) is 4.10. The Kier molecular flexibility index (Phi) is 7.90. The predicted molar refractivity (Wildman–Crippen MR) is 150 cm³/mol. The van der Waals surface area contributed by atoms with Crippen LogP contribution in [-0.4, -0.2) is 68.1 Å². The van der Waals surface area contributed by atoms with Gasteiger partial charge in [-0.15, -0.1) is 0 Å². The minimum atomic E-state index is -2.89. The lowest BCUT2D eigenvalue weighted by molar-refractivity contribution is 0.306. The van der Waals surface area contributed by atoms with Crippen molar-refractivity contribution in [2.24, 2.45) is 0 Å². The zero-order valence-electron chi connectivity index (χ0n) is 21.3. The maximum atomic E-state index is 11.7. The van der Waals surface area contributed by atoms with E-state index in [-0.39, 0.29) is 11.5 Å². The lowest BCUT2D eigenvalue weighted by Crippen LogP contribution is -2.42. The first-order chi connectivity index (χ1) is 18.5. The molecule has 9 nitrogen and oxygen atoms in total. The fourth-order valence-corrected chi connectivity index (χ4v) is 5.60. The summed E-state index contributed by atoms with van der Waals surface area (Å²) in [6.07, 6.45) is 1.53. The van der Waals surface area contributed by atoms with E-state index < -0.39 is 9.84 Å². The second-order valence-electron chi connectivity index (χ2n) is 9.14. The molecule has 0 radical (unpaired) electrons. The van der Waals surface area contributed by atoms with Crippen molar-refractivity contribution >= 4 is 37.9 Å². The zero-order valence-corrected chi connectivity index (χ0v) is 22.1. The molecule has 0 spiro atoms. The van der Waals surface area contributed by atoms with Gasteiger partial charge < -0.3 is 20.1 Å². The normalized spacial score (nSPS) is 15.2. The summed E-state index contributed by atoms with van der Waals surface area (Å²) in [5, 5.41) is 7.67. The summed E-state index contributed by atoms with van der Waals surface area (Å²) in [4.78, 5) is 11.1. The molecule has 2 N–H and O–H groups in total. The van der Waals surface area contributed by atoms with Gasteiger partial charge in [0.05, 0.1) is 29.8 Å². The van der Waals surface area contributed by atoms with E-state index in [0.717, 1.165) is 40.1 Å². The van der Waals surface area contributed by atoms with Crippen molar-refractivity contribution in [1.29, 1.82) is 0 Å². The molecule has 0 bridgehead atoms. The number of nitrogens with one attached hydrogen (secondary N) is 2. The minimum absolute atomic E-state index is 0.221. The SMILES string of the molecule is COc1cc2ncnc(Nc3ccc(OCc4ccccc4)cc3)c2cc1NCCN1CCS(=O)(=O)CC1. The number of methoxy groups -OCH3 is 1. The fourth-order valence-electron chi connectivity index (χ4n) is 4.33. The molecule has 0 aliphatic carbocycles. The van der Waals surface area contributed by atoms with E-state index in [2.05, 4.69) is 25.5 Å². The van der Waals surface area contributed by atoms with Crippen LogP contribution in [0.4, 0.5) is 17.2 Å². The first-order valence-corrected chi connectivity index (χ1v) is 14.3. The van der Waals surface area contributed by atoms with Gasteiger partial charge in [-0.05, 0) is 35.9 Å². The van der Waals surface area contributed by atoms with Gasteiger partial charge in [0.2, 0.25) is 0 Å². The number of ether oxygens (including phenoxy) is 2. The van der Waals surface area contributed by atoms with E-state index in [9.17, 15) is 8.42 Å². The van der Waals surface area contributed by atoms with Crippen LogP contribution in [0.25, 0.3) is 10.9 Å². The number of fused-ring (bicyclic) bond motifs is 1. The molecule has 5 rings (SSSR count). The summed E-state index contributed by atoms with van der Waals surface area (Å²) in [6.45, 7) is 3.04. The van der Waals surface area contributed by atoms with Crippen LogP contribution in [0.15, 0.2) is 73.1 Å². The summed E-state index contributed by atoms with van der Waals surface area (Å²) in [6, 6.07) is 21.7. The third-order valence-corrected chi connectivity index (χ3v) is 8.11. The summed E-state index contributed by atoms with van der Waals surface area (Å²) >= 11 is 0. The van der Waals surface area contributed by atoms with Crippen LogP contribution in [0.5, 0.6) is 11.5 Å².